The van der Waals surface area contributed by atoms with Gasteiger partial charge in [-0.25, -0.2) is 0 Å². The Balaban J connectivity index is 2.87. The molecule has 3 nitrogen and oxygen atoms in total. The Morgan fingerprint density at radius 2 is 1.80 bits per heavy atom. The lowest BCUT2D eigenvalue weighted by Crippen LogP contribution is -1.92. The lowest BCUT2D eigenvalue weighted by Gasteiger charge is -2.03. The van der Waals surface area contributed by atoms with Crippen LogP contribution in [0.25, 0.3) is 10.8 Å². The maximum Gasteiger partial charge on any atom is 0.151 e. The number of phenolic OH excluding ortho intramolecular Hbond substituents is 1. The van der Waals surface area contributed by atoms with E-state index in [2.05, 4.69) is 0 Å². The summed E-state index contributed by atoms with van der Waals surface area (Å²) < 4.78 is 0. The van der Waals surface area contributed by atoms with Crippen LogP contribution in [-0.2, 0) is 0 Å². The highest BCUT2D eigenvalue weighted by Gasteiger charge is 2.06. The quantitative estimate of drug-likeness (QED) is 0.756. The van der Waals surface area contributed by atoms with E-state index in [1.807, 2.05) is 0 Å². The first-order valence-electron chi connectivity index (χ1n) is 4.42. The fourth-order valence-electron chi connectivity index (χ4n) is 1.59. The van der Waals surface area contributed by atoms with Crippen molar-refractivity contribution < 1.29 is 14.7 Å². The van der Waals surface area contributed by atoms with Gasteiger partial charge in [0.1, 0.15) is 5.75 Å². The fraction of sp³-hybridized carbons (Fsp3) is 0. The molecule has 0 saturated heterocycles. The van der Waals surface area contributed by atoms with Crippen molar-refractivity contribution in [3.05, 3.63) is 41.5 Å². The molecule has 0 amide bonds. The number of aromatic hydroxyl groups is 1. The van der Waals surface area contributed by atoms with E-state index in [0.717, 1.165) is 5.39 Å². The molecule has 0 bridgehead atoms. The molecule has 15 heavy (non-hydrogen) atoms. The van der Waals surface area contributed by atoms with Crippen LogP contribution < -0.4 is 0 Å². The number of benzene rings is 2. The molecular weight excluding hydrogens is 192 g/mol. The Bertz CT molecular complexity index is 544. The van der Waals surface area contributed by atoms with Crippen LogP contribution in [-0.4, -0.2) is 17.7 Å². The molecule has 0 aliphatic rings. The Morgan fingerprint density at radius 1 is 1.00 bits per heavy atom. The van der Waals surface area contributed by atoms with Crippen LogP contribution in [0.5, 0.6) is 5.75 Å². The predicted molar refractivity (Wildman–Crippen MR) is 56.4 cm³/mol. The molecule has 2 aromatic carbocycles. The molecule has 0 saturated carbocycles. The van der Waals surface area contributed by atoms with Gasteiger partial charge in [0.2, 0.25) is 0 Å². The number of aldehydes is 2. The second-order valence-corrected chi connectivity index (χ2v) is 3.21. The van der Waals surface area contributed by atoms with E-state index >= 15 is 0 Å². The van der Waals surface area contributed by atoms with Crippen LogP contribution in [0.2, 0.25) is 0 Å². The molecule has 2 aromatic rings. The zero-order chi connectivity index (χ0) is 10.8. The lowest BCUT2D eigenvalue weighted by atomic mass is 10.0. The van der Waals surface area contributed by atoms with Crippen molar-refractivity contribution in [2.24, 2.45) is 0 Å². The molecule has 0 radical (unpaired) electrons. The Kier molecular flexibility index (Phi) is 2.21. The van der Waals surface area contributed by atoms with E-state index in [9.17, 15) is 14.7 Å². The number of rotatable bonds is 2. The van der Waals surface area contributed by atoms with Gasteiger partial charge in [-0.3, -0.25) is 9.59 Å². The maximum absolute atomic E-state index is 10.9. The highest BCUT2D eigenvalue weighted by molar-refractivity contribution is 6.05. The predicted octanol–water partition coefficient (Wildman–Crippen LogP) is 2.17. The summed E-state index contributed by atoms with van der Waals surface area (Å²) in [6.07, 6.45) is 1.30. The molecule has 0 spiro atoms. The summed E-state index contributed by atoms with van der Waals surface area (Å²) in [5.74, 6) is 0.137. The maximum atomic E-state index is 10.9. The molecule has 0 atom stereocenters. The highest BCUT2D eigenvalue weighted by Crippen LogP contribution is 2.24. The molecule has 1 N–H and O–H groups in total. The second kappa shape index (κ2) is 3.53. The van der Waals surface area contributed by atoms with Crippen molar-refractivity contribution >= 4 is 23.3 Å². The lowest BCUT2D eigenvalue weighted by molar-refractivity contribution is 0.109. The zero-order valence-corrected chi connectivity index (χ0v) is 7.81. The Hall–Kier alpha value is -2.16. The van der Waals surface area contributed by atoms with Crippen LogP contribution in [0.15, 0.2) is 30.3 Å². The van der Waals surface area contributed by atoms with Crippen LogP contribution in [0.3, 0.4) is 0 Å². The van der Waals surface area contributed by atoms with Gasteiger partial charge in [-0.05, 0) is 29.0 Å². The van der Waals surface area contributed by atoms with E-state index in [0.29, 0.717) is 29.1 Å². The summed E-state index contributed by atoms with van der Waals surface area (Å²) in [6, 6.07) is 7.94. The van der Waals surface area contributed by atoms with Crippen LogP contribution >= 0.6 is 0 Å². The van der Waals surface area contributed by atoms with Gasteiger partial charge >= 0.3 is 0 Å². The van der Waals surface area contributed by atoms with Crippen LogP contribution in [0, 0.1) is 0 Å². The first-order valence-corrected chi connectivity index (χ1v) is 4.42. The van der Waals surface area contributed by atoms with E-state index < -0.39 is 0 Å². The molecule has 2 rings (SSSR count). The third-order valence-corrected chi connectivity index (χ3v) is 2.32. The van der Waals surface area contributed by atoms with Gasteiger partial charge in [-0.1, -0.05) is 12.1 Å². The topological polar surface area (TPSA) is 54.4 Å². The highest BCUT2D eigenvalue weighted by atomic mass is 16.3. The molecule has 0 heterocycles. The van der Waals surface area contributed by atoms with Crippen LogP contribution in [0.1, 0.15) is 20.7 Å². The van der Waals surface area contributed by atoms with E-state index in [1.165, 1.54) is 6.07 Å². The number of phenols is 1. The monoisotopic (exact) mass is 200 g/mol. The summed E-state index contributed by atoms with van der Waals surface area (Å²) in [6.45, 7) is 0. The van der Waals surface area contributed by atoms with Gasteiger partial charge in [-0.15, -0.1) is 0 Å². The molecular formula is C12H8O3. The van der Waals surface area contributed by atoms with Crippen LogP contribution in [0.4, 0.5) is 0 Å². The van der Waals surface area contributed by atoms with Gasteiger partial charge in [0.15, 0.2) is 12.6 Å². The van der Waals surface area contributed by atoms with E-state index in [-0.39, 0.29) is 5.75 Å². The van der Waals surface area contributed by atoms with Gasteiger partial charge < -0.3 is 5.11 Å². The molecule has 0 aliphatic carbocycles. The zero-order valence-electron chi connectivity index (χ0n) is 7.81. The summed E-state index contributed by atoms with van der Waals surface area (Å²) in [7, 11) is 0. The van der Waals surface area contributed by atoms with Gasteiger partial charge in [0.05, 0.1) is 0 Å². The number of carbonyl (C=O) groups is 2. The van der Waals surface area contributed by atoms with Crippen molar-refractivity contribution in [2.75, 3.05) is 0 Å². The van der Waals surface area contributed by atoms with E-state index in [4.69, 9.17) is 0 Å². The minimum absolute atomic E-state index is 0.137. The first-order chi connectivity index (χ1) is 7.26. The van der Waals surface area contributed by atoms with E-state index in [1.54, 1.807) is 24.3 Å². The van der Waals surface area contributed by atoms with Gasteiger partial charge in [-0.2, -0.15) is 0 Å². The summed E-state index contributed by atoms with van der Waals surface area (Å²) in [5, 5.41) is 10.7. The average Bonchev–Trinajstić information content (AvgIpc) is 2.27. The number of hydrogen-bond acceptors (Lipinski definition) is 3. The molecule has 0 unspecified atom stereocenters. The second-order valence-electron chi connectivity index (χ2n) is 3.21. The number of carbonyl (C=O) groups excluding carboxylic acids is 2. The molecule has 0 aromatic heterocycles. The first kappa shape index (κ1) is 9.40. The SMILES string of the molecule is O=Cc1ccc2cc(O)ccc2c1C=O. The van der Waals surface area contributed by atoms with Crippen molar-refractivity contribution in [1.82, 2.24) is 0 Å². The molecule has 0 fully saturated rings. The van der Waals surface area contributed by atoms with Crippen molar-refractivity contribution in [3.63, 3.8) is 0 Å². The Labute approximate surface area is 86.0 Å². The third kappa shape index (κ3) is 1.48. The minimum Gasteiger partial charge on any atom is -0.508 e. The average molecular weight is 200 g/mol. The smallest absolute Gasteiger partial charge is 0.151 e. The Morgan fingerprint density at radius 3 is 2.47 bits per heavy atom. The largest absolute Gasteiger partial charge is 0.508 e. The van der Waals surface area contributed by atoms with Gasteiger partial charge in [0, 0.05) is 11.1 Å². The van der Waals surface area contributed by atoms with Crippen molar-refractivity contribution in [2.45, 2.75) is 0 Å². The summed E-state index contributed by atoms with van der Waals surface area (Å²) in [5.41, 5.74) is 0.727. The molecule has 74 valence electrons. The number of hydrogen-bond donors (Lipinski definition) is 1. The normalized spacial score (nSPS) is 10.1. The van der Waals surface area contributed by atoms with Crippen molar-refractivity contribution in [1.29, 1.82) is 0 Å². The number of fused-ring (bicyclic) bond motifs is 1. The summed E-state index contributed by atoms with van der Waals surface area (Å²) >= 11 is 0. The molecule has 0 aliphatic heterocycles. The summed E-state index contributed by atoms with van der Waals surface area (Å²) in [4.78, 5) is 21.6. The molecule has 3 heteroatoms. The van der Waals surface area contributed by atoms with Crippen molar-refractivity contribution in [3.8, 4) is 5.75 Å². The fourth-order valence-corrected chi connectivity index (χ4v) is 1.59. The van der Waals surface area contributed by atoms with Gasteiger partial charge in [0.25, 0.3) is 0 Å². The third-order valence-electron chi connectivity index (χ3n) is 2.32. The minimum atomic E-state index is 0.137. The standard InChI is InChI=1S/C12H8O3/c13-6-9-2-1-8-5-10(15)3-4-11(8)12(9)7-14/h1-7,15H.